The molecule has 18 heavy (non-hydrogen) atoms. The van der Waals surface area contributed by atoms with E-state index >= 15 is 0 Å². The molecule has 1 aromatic carbocycles. The molecule has 2 aliphatic rings. The second-order valence-electron chi connectivity index (χ2n) is 5.70. The zero-order valence-electron chi connectivity index (χ0n) is 10.3. The van der Waals surface area contributed by atoms with Gasteiger partial charge in [-0.1, -0.05) is 18.9 Å². The van der Waals surface area contributed by atoms with E-state index in [4.69, 9.17) is 0 Å². The van der Waals surface area contributed by atoms with Crippen molar-refractivity contribution >= 4 is 0 Å². The molecule has 0 radical (unpaired) electrons. The highest BCUT2D eigenvalue weighted by Gasteiger charge is 2.53. The Balaban J connectivity index is 1.66. The summed E-state index contributed by atoms with van der Waals surface area (Å²) in [4.78, 5) is 0. The lowest BCUT2D eigenvalue weighted by atomic mass is 10.0. The second-order valence-corrected chi connectivity index (χ2v) is 5.70. The molecule has 2 fully saturated rings. The number of aliphatic hydroxyl groups excluding tert-OH is 1. The lowest BCUT2D eigenvalue weighted by Gasteiger charge is -2.11. The molecule has 0 aliphatic heterocycles. The van der Waals surface area contributed by atoms with Crippen LogP contribution in [-0.2, 0) is 6.42 Å². The van der Waals surface area contributed by atoms with Crippen LogP contribution in [-0.4, -0.2) is 11.2 Å². The molecule has 98 valence electrons. The second kappa shape index (κ2) is 4.61. The first-order valence-electron chi connectivity index (χ1n) is 6.79. The van der Waals surface area contributed by atoms with Crippen LogP contribution in [0.3, 0.4) is 0 Å². The summed E-state index contributed by atoms with van der Waals surface area (Å²) in [5.41, 5.74) is 0.424. The molecule has 1 nitrogen and oxygen atoms in total. The van der Waals surface area contributed by atoms with Gasteiger partial charge in [-0.3, -0.25) is 0 Å². The highest BCUT2D eigenvalue weighted by atomic mass is 19.1. The van der Waals surface area contributed by atoms with Gasteiger partial charge in [0.1, 0.15) is 11.6 Å². The minimum Gasteiger partial charge on any atom is -0.392 e. The van der Waals surface area contributed by atoms with Gasteiger partial charge in [0.15, 0.2) is 0 Å². The van der Waals surface area contributed by atoms with Crippen molar-refractivity contribution < 1.29 is 13.9 Å². The van der Waals surface area contributed by atoms with Gasteiger partial charge in [0.2, 0.25) is 0 Å². The Morgan fingerprint density at radius 1 is 1.17 bits per heavy atom. The predicted molar refractivity (Wildman–Crippen MR) is 65.0 cm³/mol. The van der Waals surface area contributed by atoms with E-state index in [1.165, 1.54) is 37.8 Å². The largest absolute Gasteiger partial charge is 0.392 e. The van der Waals surface area contributed by atoms with Gasteiger partial charge in [0, 0.05) is 12.5 Å². The van der Waals surface area contributed by atoms with Crippen LogP contribution in [0.4, 0.5) is 8.78 Å². The monoisotopic (exact) mass is 252 g/mol. The normalized spacial score (nSPS) is 31.8. The Hall–Kier alpha value is -0.960. The van der Waals surface area contributed by atoms with Crippen molar-refractivity contribution in [1.29, 1.82) is 0 Å². The van der Waals surface area contributed by atoms with Crippen molar-refractivity contribution in [1.82, 2.24) is 0 Å². The maximum atomic E-state index is 13.5. The van der Waals surface area contributed by atoms with Crippen molar-refractivity contribution in [3.8, 4) is 0 Å². The van der Waals surface area contributed by atoms with E-state index in [0.717, 1.165) is 6.07 Å². The summed E-state index contributed by atoms with van der Waals surface area (Å²) in [7, 11) is 0. The van der Waals surface area contributed by atoms with Gasteiger partial charge in [-0.05, 0) is 42.2 Å². The standard InChI is InChI=1S/C15H18F2O/c16-10-6-5-9(13(17)8-10)7-14(18)15-11-3-1-2-4-12(11)15/h5-6,8,11-12,14-15,18H,1-4,7H2. The molecule has 0 saturated heterocycles. The molecule has 0 bridgehead atoms. The van der Waals surface area contributed by atoms with Gasteiger partial charge >= 0.3 is 0 Å². The third-order valence-electron chi connectivity index (χ3n) is 4.61. The number of hydrogen-bond acceptors (Lipinski definition) is 1. The summed E-state index contributed by atoms with van der Waals surface area (Å²) in [5.74, 6) is 0.537. The summed E-state index contributed by atoms with van der Waals surface area (Å²) >= 11 is 0. The Labute approximate surface area is 106 Å². The van der Waals surface area contributed by atoms with E-state index in [0.29, 0.717) is 29.7 Å². The summed E-state index contributed by atoms with van der Waals surface area (Å²) in [6.07, 6.45) is 4.77. The topological polar surface area (TPSA) is 20.2 Å². The molecular formula is C15H18F2O. The Morgan fingerprint density at radius 3 is 2.44 bits per heavy atom. The quantitative estimate of drug-likeness (QED) is 0.875. The van der Waals surface area contributed by atoms with Gasteiger partial charge in [0.25, 0.3) is 0 Å². The van der Waals surface area contributed by atoms with Gasteiger partial charge in [0.05, 0.1) is 6.10 Å². The maximum absolute atomic E-state index is 13.5. The molecule has 0 aromatic heterocycles. The minimum absolute atomic E-state index is 0.309. The van der Waals surface area contributed by atoms with Crippen LogP contribution in [0.1, 0.15) is 31.2 Å². The van der Waals surface area contributed by atoms with E-state index in [9.17, 15) is 13.9 Å². The first kappa shape index (κ1) is 12.1. The first-order chi connectivity index (χ1) is 8.66. The lowest BCUT2D eigenvalue weighted by Crippen LogP contribution is -2.16. The van der Waals surface area contributed by atoms with Crippen LogP contribution in [0.5, 0.6) is 0 Å². The van der Waals surface area contributed by atoms with Crippen molar-refractivity contribution in [3.05, 3.63) is 35.4 Å². The van der Waals surface area contributed by atoms with E-state index in [1.807, 2.05) is 0 Å². The number of benzene rings is 1. The molecule has 0 amide bonds. The van der Waals surface area contributed by atoms with Crippen LogP contribution >= 0.6 is 0 Å². The zero-order chi connectivity index (χ0) is 12.7. The van der Waals surface area contributed by atoms with Crippen LogP contribution in [0, 0.1) is 29.4 Å². The van der Waals surface area contributed by atoms with Crippen LogP contribution in [0.15, 0.2) is 18.2 Å². The number of rotatable bonds is 3. The molecule has 2 saturated carbocycles. The number of halogens is 2. The molecule has 3 rings (SSSR count). The van der Waals surface area contributed by atoms with Crippen LogP contribution in [0.25, 0.3) is 0 Å². The molecule has 1 N–H and O–H groups in total. The van der Waals surface area contributed by atoms with E-state index < -0.39 is 17.7 Å². The Bertz CT molecular complexity index is 434. The van der Waals surface area contributed by atoms with E-state index in [1.54, 1.807) is 0 Å². The summed E-state index contributed by atoms with van der Waals surface area (Å²) < 4.78 is 26.3. The van der Waals surface area contributed by atoms with Crippen molar-refractivity contribution in [2.24, 2.45) is 17.8 Å². The number of aliphatic hydroxyl groups is 1. The predicted octanol–water partition coefficient (Wildman–Crippen LogP) is 3.30. The fourth-order valence-electron chi connectivity index (χ4n) is 3.67. The average Bonchev–Trinajstić information content (AvgIpc) is 3.07. The highest BCUT2D eigenvalue weighted by molar-refractivity contribution is 5.20. The van der Waals surface area contributed by atoms with Gasteiger partial charge in [-0.2, -0.15) is 0 Å². The van der Waals surface area contributed by atoms with Gasteiger partial charge < -0.3 is 5.11 Å². The molecule has 0 heterocycles. The molecule has 2 aliphatic carbocycles. The summed E-state index contributed by atoms with van der Waals surface area (Å²) in [6, 6.07) is 3.59. The smallest absolute Gasteiger partial charge is 0.129 e. The van der Waals surface area contributed by atoms with Crippen molar-refractivity contribution in [3.63, 3.8) is 0 Å². The average molecular weight is 252 g/mol. The fourth-order valence-corrected chi connectivity index (χ4v) is 3.67. The lowest BCUT2D eigenvalue weighted by molar-refractivity contribution is 0.139. The fraction of sp³-hybridized carbons (Fsp3) is 0.600. The number of fused-ring (bicyclic) bond motifs is 1. The van der Waals surface area contributed by atoms with Crippen molar-refractivity contribution in [2.75, 3.05) is 0 Å². The number of hydrogen-bond donors (Lipinski definition) is 1. The van der Waals surface area contributed by atoms with Crippen LogP contribution in [0.2, 0.25) is 0 Å². The van der Waals surface area contributed by atoms with Gasteiger partial charge in [-0.15, -0.1) is 0 Å². The third kappa shape index (κ3) is 2.16. The third-order valence-corrected chi connectivity index (χ3v) is 4.61. The molecular weight excluding hydrogens is 234 g/mol. The zero-order valence-corrected chi connectivity index (χ0v) is 10.3. The molecule has 3 unspecified atom stereocenters. The molecule has 3 atom stereocenters. The Kier molecular flexibility index (Phi) is 3.10. The van der Waals surface area contributed by atoms with Crippen molar-refractivity contribution in [2.45, 2.75) is 38.2 Å². The molecule has 1 aromatic rings. The Morgan fingerprint density at radius 2 is 1.83 bits per heavy atom. The maximum Gasteiger partial charge on any atom is 0.129 e. The SMILES string of the molecule is OC(Cc1ccc(F)cc1F)C1C2CCCCC21. The van der Waals surface area contributed by atoms with Crippen LogP contribution < -0.4 is 0 Å². The molecule has 3 heteroatoms. The summed E-state index contributed by atoms with van der Waals surface area (Å²) in [6.45, 7) is 0. The van der Waals surface area contributed by atoms with E-state index in [2.05, 4.69) is 0 Å². The summed E-state index contributed by atoms with van der Waals surface area (Å²) in [5, 5.41) is 10.2. The minimum atomic E-state index is -0.564. The highest BCUT2D eigenvalue weighted by Crippen LogP contribution is 2.57. The molecule has 0 spiro atoms. The first-order valence-corrected chi connectivity index (χ1v) is 6.79. The van der Waals surface area contributed by atoms with E-state index in [-0.39, 0.29) is 0 Å². The van der Waals surface area contributed by atoms with Gasteiger partial charge in [-0.25, -0.2) is 8.78 Å².